The first kappa shape index (κ1) is 13.5. The van der Waals surface area contributed by atoms with Gasteiger partial charge in [0.25, 0.3) is 5.91 Å². The van der Waals surface area contributed by atoms with Gasteiger partial charge < -0.3 is 10.2 Å². The average molecular weight is 241 g/mol. The number of rotatable bonds is 1. The normalized spacial score (nSPS) is 25.5. The van der Waals surface area contributed by atoms with E-state index in [0.717, 1.165) is 6.54 Å². The maximum absolute atomic E-state index is 10.8. The lowest BCUT2D eigenvalue weighted by Crippen LogP contribution is -2.56. The van der Waals surface area contributed by atoms with Gasteiger partial charge in [-0.25, -0.2) is 4.79 Å². The Kier molecular flexibility index (Phi) is 3.75. The molecule has 6 nitrogen and oxygen atoms in total. The Balaban J connectivity index is 0.000000171. The Labute approximate surface area is 101 Å². The van der Waals surface area contributed by atoms with Crippen molar-refractivity contribution in [3.05, 3.63) is 0 Å². The lowest BCUT2D eigenvalue weighted by Gasteiger charge is -2.41. The minimum Gasteiger partial charge on any atom is -0.344 e. The van der Waals surface area contributed by atoms with Gasteiger partial charge in [0.05, 0.1) is 5.41 Å². The summed E-state index contributed by atoms with van der Waals surface area (Å²) in [6.45, 7) is 6.69. The number of carbonyl (C=O) groups is 3. The monoisotopic (exact) mass is 241 g/mol. The van der Waals surface area contributed by atoms with Crippen molar-refractivity contribution in [3.8, 4) is 0 Å². The first-order chi connectivity index (χ1) is 7.77. The van der Waals surface area contributed by atoms with Gasteiger partial charge >= 0.3 is 6.03 Å². The molecule has 0 radical (unpaired) electrons. The predicted molar refractivity (Wildman–Crippen MR) is 62.2 cm³/mol. The highest BCUT2D eigenvalue weighted by atomic mass is 16.2. The van der Waals surface area contributed by atoms with Crippen molar-refractivity contribution in [2.24, 2.45) is 5.41 Å². The Morgan fingerprint density at radius 1 is 1.35 bits per heavy atom. The molecule has 1 atom stereocenters. The second-order valence-corrected chi connectivity index (χ2v) is 4.97. The van der Waals surface area contributed by atoms with Gasteiger partial charge in [0.15, 0.2) is 0 Å². The van der Waals surface area contributed by atoms with E-state index in [9.17, 15) is 14.4 Å². The molecule has 2 rings (SSSR count). The van der Waals surface area contributed by atoms with Crippen LogP contribution in [0.5, 0.6) is 0 Å². The smallest absolute Gasteiger partial charge is 0.322 e. The zero-order valence-electron chi connectivity index (χ0n) is 10.7. The Hall–Kier alpha value is -1.59. The molecule has 4 amide bonds. The van der Waals surface area contributed by atoms with Crippen LogP contribution in [0.15, 0.2) is 0 Å². The SMILES string of the molecule is CCC1NC(=O)NC1=O.CN1CC(C)(C)C1=O. The second-order valence-electron chi connectivity index (χ2n) is 4.97. The molecular weight excluding hydrogens is 222 g/mol. The fraction of sp³-hybridized carbons (Fsp3) is 0.727. The summed E-state index contributed by atoms with van der Waals surface area (Å²) in [5, 5.41) is 4.58. The van der Waals surface area contributed by atoms with Crippen molar-refractivity contribution < 1.29 is 14.4 Å². The summed E-state index contributed by atoms with van der Waals surface area (Å²) in [6, 6.07) is -0.690. The van der Waals surface area contributed by atoms with Crippen molar-refractivity contribution >= 4 is 17.8 Å². The lowest BCUT2D eigenvalue weighted by molar-refractivity contribution is -0.153. The largest absolute Gasteiger partial charge is 0.344 e. The van der Waals surface area contributed by atoms with Gasteiger partial charge in [0, 0.05) is 13.6 Å². The summed E-state index contributed by atoms with van der Waals surface area (Å²) >= 11 is 0. The first-order valence-corrected chi connectivity index (χ1v) is 5.65. The molecule has 2 aliphatic heterocycles. The Bertz CT molecular complexity index is 352. The molecule has 2 N–H and O–H groups in total. The van der Waals surface area contributed by atoms with Gasteiger partial charge in [-0.3, -0.25) is 14.9 Å². The van der Waals surface area contributed by atoms with E-state index in [4.69, 9.17) is 0 Å². The standard InChI is InChI=1S/C6H11NO.C5H8N2O2/c1-6(2)4-7(3)5(6)8;1-2-3-4(8)7-5(9)6-3/h4H2,1-3H3;3H,2H2,1H3,(H2,6,7,8,9). The third-order valence-corrected chi connectivity index (χ3v) is 2.82. The molecule has 96 valence electrons. The first-order valence-electron chi connectivity index (χ1n) is 5.65. The van der Waals surface area contributed by atoms with Crippen LogP contribution in [0.3, 0.4) is 0 Å². The number of nitrogens with one attached hydrogen (secondary N) is 2. The Morgan fingerprint density at radius 2 is 1.94 bits per heavy atom. The topological polar surface area (TPSA) is 78.5 Å². The van der Waals surface area contributed by atoms with Crippen LogP contribution in [0, 0.1) is 5.41 Å². The van der Waals surface area contributed by atoms with Crippen LogP contribution in [-0.4, -0.2) is 42.4 Å². The van der Waals surface area contributed by atoms with Crippen molar-refractivity contribution in [1.29, 1.82) is 0 Å². The average Bonchev–Trinajstić information content (AvgIpc) is 2.57. The van der Waals surface area contributed by atoms with Crippen molar-refractivity contribution in [3.63, 3.8) is 0 Å². The van der Waals surface area contributed by atoms with Crippen molar-refractivity contribution in [2.75, 3.05) is 13.6 Å². The molecule has 1 unspecified atom stereocenters. The number of nitrogens with zero attached hydrogens (tertiary/aromatic N) is 1. The summed E-state index contributed by atoms with van der Waals surface area (Å²) in [5.74, 6) is 0.0417. The third kappa shape index (κ3) is 2.95. The summed E-state index contributed by atoms with van der Waals surface area (Å²) in [4.78, 5) is 33.5. The molecule has 0 saturated carbocycles. The molecule has 2 heterocycles. The molecular formula is C11H19N3O3. The number of hydrogen-bond acceptors (Lipinski definition) is 3. The molecule has 2 aliphatic rings. The third-order valence-electron chi connectivity index (χ3n) is 2.82. The Morgan fingerprint density at radius 3 is 2.06 bits per heavy atom. The molecule has 17 heavy (non-hydrogen) atoms. The van der Waals surface area contributed by atoms with E-state index < -0.39 is 0 Å². The minimum atomic E-state index is -0.383. The van der Waals surface area contributed by atoms with E-state index in [1.54, 1.807) is 4.90 Å². The van der Waals surface area contributed by atoms with Gasteiger partial charge in [0.2, 0.25) is 5.91 Å². The van der Waals surface area contributed by atoms with Crippen LogP contribution >= 0.6 is 0 Å². The zero-order valence-corrected chi connectivity index (χ0v) is 10.7. The maximum atomic E-state index is 10.8. The highest BCUT2D eigenvalue weighted by Gasteiger charge is 2.41. The quantitative estimate of drug-likeness (QED) is 0.504. The fourth-order valence-electron chi connectivity index (χ4n) is 1.90. The molecule has 0 aromatic rings. The van der Waals surface area contributed by atoms with Gasteiger partial charge in [-0.2, -0.15) is 0 Å². The van der Waals surface area contributed by atoms with E-state index in [1.807, 2.05) is 27.8 Å². The molecule has 0 spiro atoms. The van der Waals surface area contributed by atoms with E-state index in [0.29, 0.717) is 6.42 Å². The van der Waals surface area contributed by atoms with Gasteiger partial charge in [-0.1, -0.05) is 6.92 Å². The van der Waals surface area contributed by atoms with E-state index in [-0.39, 0.29) is 29.3 Å². The van der Waals surface area contributed by atoms with Crippen molar-refractivity contribution in [1.82, 2.24) is 15.5 Å². The summed E-state index contributed by atoms with van der Waals surface area (Å²) < 4.78 is 0. The molecule has 2 fully saturated rings. The lowest BCUT2D eigenvalue weighted by atomic mass is 9.84. The van der Waals surface area contributed by atoms with Gasteiger partial charge in [0.1, 0.15) is 6.04 Å². The maximum Gasteiger partial charge on any atom is 0.322 e. The van der Waals surface area contributed by atoms with Gasteiger partial charge in [-0.15, -0.1) is 0 Å². The molecule has 2 saturated heterocycles. The van der Waals surface area contributed by atoms with Crippen LogP contribution in [0.4, 0.5) is 4.79 Å². The molecule has 6 heteroatoms. The van der Waals surface area contributed by atoms with Crippen LogP contribution < -0.4 is 10.6 Å². The zero-order chi connectivity index (χ0) is 13.2. The van der Waals surface area contributed by atoms with Crippen LogP contribution in [-0.2, 0) is 9.59 Å². The number of likely N-dealkylation sites (tertiary alicyclic amines) is 1. The number of urea groups is 1. The van der Waals surface area contributed by atoms with Gasteiger partial charge in [-0.05, 0) is 20.3 Å². The number of imide groups is 1. The number of carbonyl (C=O) groups excluding carboxylic acids is 3. The van der Waals surface area contributed by atoms with E-state index in [2.05, 4.69) is 10.6 Å². The highest BCUT2D eigenvalue weighted by Crippen LogP contribution is 2.28. The van der Waals surface area contributed by atoms with Crippen molar-refractivity contribution in [2.45, 2.75) is 33.2 Å². The number of hydrogen-bond donors (Lipinski definition) is 2. The highest BCUT2D eigenvalue weighted by molar-refractivity contribution is 6.04. The molecule has 0 aliphatic carbocycles. The van der Waals surface area contributed by atoms with Crippen LogP contribution in [0.25, 0.3) is 0 Å². The second kappa shape index (κ2) is 4.73. The van der Waals surface area contributed by atoms with Crippen LogP contribution in [0.2, 0.25) is 0 Å². The van der Waals surface area contributed by atoms with E-state index in [1.165, 1.54) is 0 Å². The summed E-state index contributed by atoms with van der Waals surface area (Å²) in [6.07, 6.45) is 0.650. The number of β-lactam (4-membered cyclic amide) rings is 1. The molecule has 0 aromatic carbocycles. The van der Waals surface area contributed by atoms with E-state index >= 15 is 0 Å². The summed E-state index contributed by atoms with van der Waals surface area (Å²) in [7, 11) is 1.83. The minimum absolute atomic E-state index is 0.0608. The molecule has 0 aromatic heterocycles. The summed E-state index contributed by atoms with van der Waals surface area (Å²) in [5.41, 5.74) is -0.0608. The molecule has 0 bridgehead atoms. The number of amides is 4. The fourth-order valence-corrected chi connectivity index (χ4v) is 1.90. The predicted octanol–water partition coefficient (Wildman–Crippen LogP) is 0.0890. The van der Waals surface area contributed by atoms with Crippen LogP contribution in [0.1, 0.15) is 27.2 Å².